The number of aromatic nitrogens is 1. The standard InChI is InChI=1S/C38H38N4O6/c1-45-33-18-25-14-16-42(23-28(25)19-34(33)46-2)15-13-24-9-11-29(12-10-24)40-38(44)30-20-35(47-3)36(48-4)21-32(30)41-37(43)27-17-26-7-5-6-8-31(26)39-22-27/h5-12,17-22H,13-16,23H2,1-4H3,(H,40,44)(H,41,43)/i3-1. The van der Waals surface area contributed by atoms with Gasteiger partial charge in [0.05, 0.1) is 50.8 Å². The van der Waals surface area contributed by atoms with Crippen molar-refractivity contribution >= 4 is 34.1 Å². The fourth-order valence-electron chi connectivity index (χ4n) is 5.93. The van der Waals surface area contributed by atoms with E-state index in [0.717, 1.165) is 60.4 Å². The summed E-state index contributed by atoms with van der Waals surface area (Å²) >= 11 is 0. The van der Waals surface area contributed by atoms with Crippen molar-refractivity contribution in [2.75, 3.05) is 52.2 Å². The minimum Gasteiger partial charge on any atom is -0.493 e. The van der Waals surface area contributed by atoms with E-state index in [1.807, 2.05) is 48.5 Å². The van der Waals surface area contributed by atoms with E-state index in [9.17, 15) is 9.59 Å². The highest BCUT2D eigenvalue weighted by atomic mass is 16.5. The SMILES string of the molecule is COc1cc2c(cc1OC)CN(CCc1ccc(NC(=O)c3cc(O[11CH3])c(OC)cc3NC(=O)c3cnc4ccccc4c3)cc1)CC2. The van der Waals surface area contributed by atoms with Crippen molar-refractivity contribution < 1.29 is 28.5 Å². The van der Waals surface area contributed by atoms with E-state index in [2.05, 4.69) is 32.7 Å². The number of para-hydroxylation sites is 1. The topological polar surface area (TPSA) is 111 Å². The zero-order valence-electron chi connectivity index (χ0n) is 27.5. The predicted molar refractivity (Wildman–Crippen MR) is 186 cm³/mol. The smallest absolute Gasteiger partial charge is 0.257 e. The number of benzene rings is 4. The molecule has 0 saturated carbocycles. The number of amides is 2. The summed E-state index contributed by atoms with van der Waals surface area (Å²) in [4.78, 5) is 33.7. The average molecular weight is 646 g/mol. The Balaban J connectivity index is 1.12. The van der Waals surface area contributed by atoms with E-state index in [0.29, 0.717) is 22.7 Å². The lowest BCUT2D eigenvalue weighted by atomic mass is 9.98. The van der Waals surface area contributed by atoms with Crippen LogP contribution in [0.2, 0.25) is 0 Å². The first kappa shape index (κ1) is 32.3. The van der Waals surface area contributed by atoms with Crippen molar-refractivity contribution in [3.05, 3.63) is 113 Å². The van der Waals surface area contributed by atoms with Crippen LogP contribution in [0.15, 0.2) is 85.1 Å². The molecule has 1 aliphatic rings. The van der Waals surface area contributed by atoms with Gasteiger partial charge in [0.25, 0.3) is 11.8 Å². The molecule has 1 aliphatic heterocycles. The number of carbonyl (C=O) groups excluding carboxylic acids is 2. The van der Waals surface area contributed by atoms with Gasteiger partial charge in [-0.2, -0.15) is 0 Å². The van der Waals surface area contributed by atoms with Crippen molar-refractivity contribution in [1.82, 2.24) is 9.88 Å². The number of nitrogens with one attached hydrogen (secondary N) is 2. The Labute approximate surface area is 279 Å². The molecule has 48 heavy (non-hydrogen) atoms. The summed E-state index contributed by atoms with van der Waals surface area (Å²) in [7, 11) is 6.31. The molecule has 2 N–H and O–H groups in total. The molecule has 0 fully saturated rings. The Kier molecular flexibility index (Phi) is 9.73. The second-order valence-electron chi connectivity index (χ2n) is 11.5. The van der Waals surface area contributed by atoms with E-state index in [4.69, 9.17) is 18.9 Å². The first-order chi connectivity index (χ1) is 23.4. The molecule has 5 aromatic rings. The zero-order valence-corrected chi connectivity index (χ0v) is 27.5. The number of anilines is 2. The Morgan fingerprint density at radius 1 is 0.750 bits per heavy atom. The second-order valence-corrected chi connectivity index (χ2v) is 11.5. The molecule has 0 radical (unpaired) electrons. The maximum absolute atomic E-state index is 13.6. The van der Waals surface area contributed by atoms with Gasteiger partial charge in [-0.15, -0.1) is 0 Å². The van der Waals surface area contributed by atoms with Gasteiger partial charge in [0.15, 0.2) is 23.0 Å². The molecule has 1 aromatic heterocycles. The normalized spacial score (nSPS) is 12.6. The number of rotatable bonds is 11. The first-order valence-electron chi connectivity index (χ1n) is 15.7. The summed E-state index contributed by atoms with van der Waals surface area (Å²) in [5.74, 6) is 1.44. The fraction of sp³-hybridized carbons (Fsp3) is 0.237. The molecule has 10 heteroatoms. The quantitative estimate of drug-likeness (QED) is 0.170. The zero-order chi connectivity index (χ0) is 33.6. The first-order valence-corrected chi connectivity index (χ1v) is 15.7. The van der Waals surface area contributed by atoms with Crippen LogP contribution in [0, 0.1) is 0 Å². The lowest BCUT2D eigenvalue weighted by Crippen LogP contribution is -2.32. The van der Waals surface area contributed by atoms with Crippen LogP contribution in [0.5, 0.6) is 23.0 Å². The summed E-state index contributed by atoms with van der Waals surface area (Å²) in [5.41, 5.74) is 5.99. The van der Waals surface area contributed by atoms with Gasteiger partial charge >= 0.3 is 0 Å². The van der Waals surface area contributed by atoms with Crippen LogP contribution < -0.4 is 29.6 Å². The molecule has 0 unspecified atom stereocenters. The number of nitrogens with zero attached hydrogens (tertiary/aromatic N) is 2. The molecule has 0 atom stereocenters. The highest BCUT2D eigenvalue weighted by molar-refractivity contribution is 6.13. The Morgan fingerprint density at radius 2 is 1.42 bits per heavy atom. The van der Waals surface area contributed by atoms with E-state index in [1.165, 1.54) is 31.5 Å². The molecule has 0 saturated heterocycles. The van der Waals surface area contributed by atoms with Crippen LogP contribution in [0.3, 0.4) is 0 Å². The maximum Gasteiger partial charge on any atom is 0.257 e. The Hall–Kier alpha value is -5.61. The van der Waals surface area contributed by atoms with Gasteiger partial charge in [-0.05, 0) is 72.0 Å². The largest absolute Gasteiger partial charge is 0.493 e. The van der Waals surface area contributed by atoms with Gasteiger partial charge in [-0.3, -0.25) is 19.5 Å². The van der Waals surface area contributed by atoms with Crippen LogP contribution in [0.25, 0.3) is 10.9 Å². The van der Waals surface area contributed by atoms with Crippen LogP contribution >= 0.6 is 0 Å². The molecule has 10 nitrogen and oxygen atoms in total. The lowest BCUT2D eigenvalue weighted by Gasteiger charge is -2.29. The number of hydrogen-bond donors (Lipinski definition) is 2. The fourth-order valence-corrected chi connectivity index (χ4v) is 5.93. The third-order valence-corrected chi connectivity index (χ3v) is 8.59. The molecular formula is C38H38N4O6. The van der Waals surface area contributed by atoms with Gasteiger partial charge in [0, 0.05) is 43.0 Å². The Morgan fingerprint density at radius 3 is 2.15 bits per heavy atom. The number of ether oxygens (including phenoxy) is 4. The molecule has 0 aliphatic carbocycles. The van der Waals surface area contributed by atoms with E-state index < -0.39 is 11.8 Å². The van der Waals surface area contributed by atoms with Crippen molar-refractivity contribution in [1.29, 1.82) is 0 Å². The van der Waals surface area contributed by atoms with Crippen LogP contribution in [-0.2, 0) is 19.4 Å². The van der Waals surface area contributed by atoms with E-state index >= 15 is 0 Å². The lowest BCUT2D eigenvalue weighted by molar-refractivity contribution is 0.102. The average Bonchev–Trinajstić information content (AvgIpc) is 3.13. The number of methoxy groups -OCH3 is 4. The van der Waals surface area contributed by atoms with Gasteiger partial charge in [0.1, 0.15) is 0 Å². The highest BCUT2D eigenvalue weighted by Crippen LogP contribution is 2.35. The van der Waals surface area contributed by atoms with E-state index in [-0.39, 0.29) is 11.3 Å². The summed E-state index contributed by atoms with van der Waals surface area (Å²) in [6.07, 6.45) is 3.34. The minimum absolute atomic E-state index is 0.221. The molecule has 6 rings (SSSR count). The van der Waals surface area contributed by atoms with E-state index in [1.54, 1.807) is 32.4 Å². The number of carbonyl (C=O) groups is 2. The Bertz CT molecular complexity index is 1960. The predicted octanol–water partition coefficient (Wildman–Crippen LogP) is 6.37. The van der Waals surface area contributed by atoms with Crippen LogP contribution in [-0.4, -0.2) is 63.2 Å². The van der Waals surface area contributed by atoms with Gasteiger partial charge < -0.3 is 29.6 Å². The van der Waals surface area contributed by atoms with Crippen molar-refractivity contribution in [2.24, 2.45) is 0 Å². The van der Waals surface area contributed by atoms with Crippen LogP contribution in [0.1, 0.15) is 37.4 Å². The maximum atomic E-state index is 13.6. The number of hydrogen-bond acceptors (Lipinski definition) is 8. The van der Waals surface area contributed by atoms with Crippen molar-refractivity contribution in [3.8, 4) is 23.0 Å². The van der Waals surface area contributed by atoms with Gasteiger partial charge in [-0.1, -0.05) is 30.3 Å². The molecule has 4 aromatic carbocycles. The van der Waals surface area contributed by atoms with Gasteiger partial charge in [0.2, 0.25) is 0 Å². The third-order valence-electron chi connectivity index (χ3n) is 8.59. The summed E-state index contributed by atoms with van der Waals surface area (Å²) in [6, 6.07) is 24.4. The summed E-state index contributed by atoms with van der Waals surface area (Å²) < 4.78 is 21.9. The van der Waals surface area contributed by atoms with Gasteiger partial charge in [-0.25, -0.2) is 0 Å². The summed E-state index contributed by atoms with van der Waals surface area (Å²) in [5, 5.41) is 6.66. The molecular weight excluding hydrogens is 607 g/mol. The van der Waals surface area contributed by atoms with Crippen LogP contribution in [0.4, 0.5) is 11.4 Å². The molecule has 0 bridgehead atoms. The molecule has 246 valence electrons. The summed E-state index contributed by atoms with van der Waals surface area (Å²) in [6.45, 7) is 2.73. The molecule has 0 spiro atoms. The third kappa shape index (κ3) is 7.03. The van der Waals surface area contributed by atoms with Crippen molar-refractivity contribution in [2.45, 2.75) is 19.4 Å². The highest BCUT2D eigenvalue weighted by Gasteiger charge is 2.21. The number of fused-ring (bicyclic) bond motifs is 2. The molecule has 2 heterocycles. The minimum atomic E-state index is -0.408. The second kappa shape index (κ2) is 14.4. The molecule has 2 amide bonds. The monoisotopic (exact) mass is 645 g/mol. The number of pyridine rings is 1. The van der Waals surface area contributed by atoms with Crippen molar-refractivity contribution in [3.63, 3.8) is 0 Å².